The summed E-state index contributed by atoms with van der Waals surface area (Å²) in [4.78, 5) is 3.65. The van der Waals surface area contributed by atoms with Crippen LogP contribution in [-0.4, -0.2) is 54.2 Å². The van der Waals surface area contributed by atoms with Gasteiger partial charge in [0.05, 0.1) is 13.2 Å². The van der Waals surface area contributed by atoms with Crippen molar-refractivity contribution >= 4 is 10.0 Å². The molecule has 1 rings (SSSR count). The minimum atomic E-state index is -3.60. The maximum absolute atomic E-state index is 12.0. The molecule has 0 aromatic carbocycles. The Hall–Kier alpha value is -1.25. The molecule has 0 saturated carbocycles. The molecule has 0 amide bonds. The fourth-order valence-corrected chi connectivity index (χ4v) is 2.47. The predicted molar refractivity (Wildman–Crippen MR) is 61.8 cm³/mol. The minimum Gasteiger partial charge on any atom is -0.376 e. The van der Waals surface area contributed by atoms with Gasteiger partial charge in [-0.1, -0.05) is 13.0 Å². The number of H-pyrrole nitrogens is 1. The molecule has 17 heavy (non-hydrogen) atoms. The molecule has 0 atom stereocenters. The van der Waals surface area contributed by atoms with Crippen LogP contribution in [0.1, 0.15) is 6.92 Å². The largest absolute Gasteiger partial charge is 0.376 e. The molecular formula is C9H16N4O3S. The second kappa shape index (κ2) is 6.48. The Kier molecular flexibility index (Phi) is 5.26. The second-order valence-corrected chi connectivity index (χ2v) is 5.00. The van der Waals surface area contributed by atoms with Gasteiger partial charge in [-0.3, -0.25) is 0 Å². The van der Waals surface area contributed by atoms with Crippen LogP contribution in [0.5, 0.6) is 0 Å². The van der Waals surface area contributed by atoms with E-state index in [-0.39, 0.29) is 11.7 Å². The molecule has 0 bridgehead atoms. The summed E-state index contributed by atoms with van der Waals surface area (Å²) < 4.78 is 30.4. The lowest BCUT2D eigenvalue weighted by molar-refractivity contribution is 0.148. The molecule has 7 nitrogen and oxygen atoms in total. The Labute approximate surface area is 101 Å². The van der Waals surface area contributed by atoms with Crippen LogP contribution in [0.4, 0.5) is 0 Å². The zero-order valence-electron chi connectivity index (χ0n) is 9.66. The van der Waals surface area contributed by atoms with E-state index in [0.29, 0.717) is 19.8 Å². The van der Waals surface area contributed by atoms with Crippen molar-refractivity contribution < 1.29 is 13.2 Å². The Morgan fingerprint density at radius 2 is 2.41 bits per heavy atom. The van der Waals surface area contributed by atoms with Crippen molar-refractivity contribution in [2.24, 2.45) is 0 Å². The first-order valence-electron chi connectivity index (χ1n) is 5.17. The van der Waals surface area contributed by atoms with Crippen LogP contribution < -0.4 is 0 Å². The van der Waals surface area contributed by atoms with E-state index >= 15 is 0 Å². The van der Waals surface area contributed by atoms with E-state index in [2.05, 4.69) is 21.8 Å². The van der Waals surface area contributed by atoms with E-state index in [1.54, 1.807) is 13.0 Å². The summed E-state index contributed by atoms with van der Waals surface area (Å²) in [6.07, 6.45) is 2.77. The summed E-state index contributed by atoms with van der Waals surface area (Å²) >= 11 is 0. The smallest absolute Gasteiger partial charge is 0.278 e. The predicted octanol–water partition coefficient (Wildman–Crippen LogP) is 0.0179. The molecule has 0 saturated heterocycles. The van der Waals surface area contributed by atoms with Gasteiger partial charge in [0.15, 0.2) is 0 Å². The molecule has 0 fully saturated rings. The van der Waals surface area contributed by atoms with Crippen LogP contribution in [-0.2, 0) is 14.8 Å². The minimum absolute atomic E-state index is 0.150. The third kappa shape index (κ3) is 3.62. The number of nitrogens with zero attached hydrogens (tertiary/aromatic N) is 3. The van der Waals surface area contributed by atoms with Crippen LogP contribution in [0.3, 0.4) is 0 Å². The lowest BCUT2D eigenvalue weighted by Crippen LogP contribution is -2.34. The molecule has 0 aliphatic heterocycles. The first kappa shape index (κ1) is 13.8. The quantitative estimate of drug-likeness (QED) is 0.526. The highest BCUT2D eigenvalue weighted by Gasteiger charge is 2.25. The highest BCUT2D eigenvalue weighted by atomic mass is 32.2. The Morgan fingerprint density at radius 3 is 2.94 bits per heavy atom. The standard InChI is InChI=1S/C9H16N4O3S/c1-3-6-16-7-5-13(4-2)17(14,15)9-10-8-11-12-9/h3,8H,1,4-7H2,2H3,(H,10,11,12). The number of aromatic nitrogens is 3. The normalized spacial score (nSPS) is 11.9. The molecule has 0 unspecified atom stereocenters. The lowest BCUT2D eigenvalue weighted by Gasteiger charge is -2.18. The summed E-state index contributed by atoms with van der Waals surface area (Å²) in [5, 5.41) is 5.72. The number of nitrogens with one attached hydrogen (secondary N) is 1. The zero-order valence-corrected chi connectivity index (χ0v) is 10.5. The van der Waals surface area contributed by atoms with Crippen molar-refractivity contribution in [3.05, 3.63) is 19.0 Å². The summed E-state index contributed by atoms with van der Waals surface area (Å²) in [6.45, 7) is 6.59. The van der Waals surface area contributed by atoms with Crippen molar-refractivity contribution in [2.75, 3.05) is 26.3 Å². The SMILES string of the molecule is C=CCOCCN(CC)S(=O)(=O)c1ncn[nH]1. The molecule has 8 heteroatoms. The molecule has 0 aliphatic carbocycles. The first-order chi connectivity index (χ1) is 8.12. The van der Waals surface area contributed by atoms with Crippen molar-refractivity contribution in [3.8, 4) is 0 Å². The fraction of sp³-hybridized carbons (Fsp3) is 0.556. The van der Waals surface area contributed by atoms with E-state index < -0.39 is 10.0 Å². The van der Waals surface area contributed by atoms with Crippen LogP contribution in [0, 0.1) is 0 Å². The van der Waals surface area contributed by atoms with Crippen molar-refractivity contribution in [2.45, 2.75) is 12.1 Å². The van der Waals surface area contributed by atoms with Crippen molar-refractivity contribution in [1.82, 2.24) is 19.5 Å². The average molecular weight is 260 g/mol. The van der Waals surface area contributed by atoms with Gasteiger partial charge in [0.25, 0.3) is 15.2 Å². The van der Waals surface area contributed by atoms with Gasteiger partial charge in [-0.25, -0.2) is 18.5 Å². The van der Waals surface area contributed by atoms with E-state index in [9.17, 15) is 8.42 Å². The molecule has 0 aliphatic rings. The molecule has 1 heterocycles. The summed E-state index contributed by atoms with van der Waals surface area (Å²) in [7, 11) is -3.60. The van der Waals surface area contributed by atoms with E-state index in [0.717, 1.165) is 6.33 Å². The highest BCUT2D eigenvalue weighted by Crippen LogP contribution is 2.08. The van der Waals surface area contributed by atoms with Gasteiger partial charge in [0.2, 0.25) is 0 Å². The first-order valence-corrected chi connectivity index (χ1v) is 6.61. The Bertz CT molecular complexity index is 429. The molecule has 1 aromatic rings. The molecule has 1 aromatic heterocycles. The van der Waals surface area contributed by atoms with E-state index in [4.69, 9.17) is 4.74 Å². The highest BCUT2D eigenvalue weighted by molar-refractivity contribution is 7.88. The number of hydrogen-bond donors (Lipinski definition) is 1. The van der Waals surface area contributed by atoms with Gasteiger partial charge < -0.3 is 4.74 Å². The van der Waals surface area contributed by atoms with Gasteiger partial charge in [-0.15, -0.1) is 6.58 Å². The number of hydrogen-bond acceptors (Lipinski definition) is 5. The lowest BCUT2D eigenvalue weighted by atomic mass is 10.6. The monoisotopic (exact) mass is 260 g/mol. The number of sulfonamides is 1. The Morgan fingerprint density at radius 1 is 1.65 bits per heavy atom. The maximum Gasteiger partial charge on any atom is 0.278 e. The average Bonchev–Trinajstić information content (AvgIpc) is 2.83. The number of likely N-dealkylation sites (N-methyl/N-ethyl adjacent to an activating group) is 1. The molecule has 0 radical (unpaired) electrons. The number of ether oxygens (including phenoxy) is 1. The molecule has 0 spiro atoms. The van der Waals surface area contributed by atoms with Gasteiger partial charge >= 0.3 is 0 Å². The van der Waals surface area contributed by atoms with Gasteiger partial charge in [-0.05, 0) is 0 Å². The number of aromatic amines is 1. The molecule has 1 N–H and O–H groups in total. The summed E-state index contributed by atoms with van der Waals surface area (Å²) in [6, 6.07) is 0. The van der Waals surface area contributed by atoms with Crippen LogP contribution in [0.25, 0.3) is 0 Å². The third-order valence-corrected chi connectivity index (χ3v) is 3.86. The summed E-state index contributed by atoms with van der Waals surface area (Å²) in [5.41, 5.74) is 0. The summed E-state index contributed by atoms with van der Waals surface area (Å²) in [5.74, 6) is 0. The zero-order chi connectivity index (χ0) is 12.7. The van der Waals surface area contributed by atoms with Crippen molar-refractivity contribution in [1.29, 1.82) is 0 Å². The topological polar surface area (TPSA) is 88.2 Å². The van der Waals surface area contributed by atoms with Crippen LogP contribution >= 0.6 is 0 Å². The maximum atomic E-state index is 12.0. The molecule has 96 valence electrons. The number of rotatable bonds is 8. The van der Waals surface area contributed by atoms with Crippen molar-refractivity contribution in [3.63, 3.8) is 0 Å². The van der Waals surface area contributed by atoms with Gasteiger partial charge in [0.1, 0.15) is 6.33 Å². The van der Waals surface area contributed by atoms with Gasteiger partial charge in [0, 0.05) is 13.1 Å². The van der Waals surface area contributed by atoms with Crippen LogP contribution in [0.15, 0.2) is 24.1 Å². The third-order valence-electron chi connectivity index (χ3n) is 2.05. The Balaban J connectivity index is 2.64. The van der Waals surface area contributed by atoms with E-state index in [1.807, 2.05) is 0 Å². The van der Waals surface area contributed by atoms with Crippen LogP contribution in [0.2, 0.25) is 0 Å². The second-order valence-electron chi connectivity index (χ2n) is 3.15. The molecular weight excluding hydrogens is 244 g/mol. The fourth-order valence-electron chi connectivity index (χ4n) is 1.22. The van der Waals surface area contributed by atoms with Gasteiger partial charge in [-0.2, -0.15) is 9.40 Å². The van der Waals surface area contributed by atoms with E-state index in [1.165, 1.54) is 4.31 Å².